The lowest BCUT2D eigenvalue weighted by Crippen LogP contribution is -2.29. The molecule has 0 bridgehead atoms. The van der Waals surface area contributed by atoms with Gasteiger partial charge in [0.15, 0.2) is 6.10 Å². The number of ether oxygens (including phenoxy) is 2. The molecule has 0 heterocycles. The van der Waals surface area contributed by atoms with E-state index in [4.69, 9.17) is 24.3 Å². The fourth-order valence-corrected chi connectivity index (χ4v) is 14.4. The molecule has 0 aliphatic carbocycles. The predicted molar refractivity (Wildman–Crippen MR) is 441 cm³/mol. The van der Waals surface area contributed by atoms with Crippen LogP contribution in [0, 0.1) is 0 Å². The van der Waals surface area contributed by atoms with Gasteiger partial charge < -0.3 is 20.1 Å². The monoisotopic (exact) mass is 1440 g/mol. The number of phosphoric acid groups is 1. The Labute approximate surface area is 628 Å². The van der Waals surface area contributed by atoms with Crippen molar-refractivity contribution in [1.82, 2.24) is 0 Å². The van der Waals surface area contributed by atoms with Gasteiger partial charge in [-0.25, -0.2) is 4.57 Å². The maximum absolute atomic E-state index is 12.8. The molecule has 0 saturated carbocycles. The van der Waals surface area contributed by atoms with Crippen LogP contribution in [0.5, 0.6) is 0 Å². The minimum absolute atomic E-state index is 0.0551. The normalized spacial score (nSPS) is 13.1. The van der Waals surface area contributed by atoms with E-state index < -0.39 is 26.5 Å². The Kier molecular flexibility index (Phi) is 84.2. The Bertz CT molecular complexity index is 1890. The van der Waals surface area contributed by atoms with E-state index in [1.54, 1.807) is 0 Å². The molecule has 10 heteroatoms. The van der Waals surface area contributed by atoms with Crippen LogP contribution in [0.3, 0.4) is 0 Å². The minimum atomic E-state index is -4.40. The molecule has 0 rings (SSSR count). The van der Waals surface area contributed by atoms with Gasteiger partial charge in [0.2, 0.25) is 0 Å². The van der Waals surface area contributed by atoms with Crippen molar-refractivity contribution in [2.24, 2.45) is 5.73 Å². The Hall–Kier alpha value is -2.55. The number of allylic oxidation sites excluding steroid dienone is 12. The molecule has 101 heavy (non-hydrogen) atoms. The van der Waals surface area contributed by atoms with Crippen molar-refractivity contribution in [2.45, 2.75) is 469 Å². The van der Waals surface area contributed by atoms with E-state index in [0.29, 0.717) is 6.42 Å². The second kappa shape index (κ2) is 86.4. The van der Waals surface area contributed by atoms with Crippen LogP contribution in [-0.2, 0) is 32.7 Å². The third-order valence-corrected chi connectivity index (χ3v) is 21.1. The molecule has 2 atom stereocenters. The summed E-state index contributed by atoms with van der Waals surface area (Å²) in [5, 5.41) is 0. The number of rotatable bonds is 85. The van der Waals surface area contributed by atoms with Gasteiger partial charge in [0.25, 0.3) is 0 Å². The second-order valence-electron chi connectivity index (χ2n) is 30.1. The number of phosphoric ester groups is 1. The average molecular weight is 1440 g/mol. The molecule has 0 saturated heterocycles. The molecule has 3 N–H and O–H groups in total. The Morgan fingerprint density at radius 1 is 0.307 bits per heavy atom. The number of carbonyl (C=O) groups is 2. The lowest BCUT2D eigenvalue weighted by Gasteiger charge is -2.19. The SMILES string of the molecule is CC/C=C\C/C=C\C/C=C\C/C=C\C/C=C\C/C=C\CCCCCCCCCCCCCCCCCCCCCCC(=O)OC(COC(=O)CCCCCCCCCCCCCCCCCCCCCCCCCCCCCCCCCCCCCCCCCCC)COP(=O)(O)OCCN. The highest BCUT2D eigenvalue weighted by Gasteiger charge is 2.26. The van der Waals surface area contributed by atoms with Gasteiger partial charge in [0, 0.05) is 19.4 Å². The summed E-state index contributed by atoms with van der Waals surface area (Å²) < 4.78 is 33.3. The van der Waals surface area contributed by atoms with Gasteiger partial charge in [-0.05, 0) is 64.2 Å². The number of hydrogen-bond acceptors (Lipinski definition) is 8. The molecular formula is C91H170NO8P. The highest BCUT2D eigenvalue weighted by Crippen LogP contribution is 2.43. The average Bonchev–Trinajstić information content (AvgIpc) is 1.01. The standard InChI is InChI=1S/C91H170NO8P/c1-3-5-7-9-11-13-15-17-19-21-23-25-27-29-31-33-35-37-39-41-43-44-46-47-49-51-53-55-57-59-61-63-65-67-69-71-73-75-77-79-81-83-90(93)97-87-89(88-99-101(95,96)98-86-85-92)100-91(94)84-82-80-78-76-74-72-70-68-66-64-62-60-58-56-54-52-50-48-45-42-40-38-36-34-32-30-28-26-24-22-20-18-16-14-12-10-8-6-4-2/h6,8,12,14,18,20,24,26,30,32,36,38,89H,3-5,7,9-11,13,15-17,19,21-23,25,27-29,31,33-35,37,39-88,92H2,1-2H3,(H,95,96)/b8-6-,14-12-,20-18-,26-24-,32-30-,38-36-. The van der Waals surface area contributed by atoms with Crippen LogP contribution in [0.15, 0.2) is 72.9 Å². The van der Waals surface area contributed by atoms with E-state index in [1.165, 1.54) is 360 Å². The van der Waals surface area contributed by atoms with Crippen LogP contribution in [0.25, 0.3) is 0 Å². The molecule has 0 radical (unpaired) electrons. The molecule has 0 aromatic rings. The van der Waals surface area contributed by atoms with Gasteiger partial charge in [-0.3, -0.25) is 18.6 Å². The lowest BCUT2D eigenvalue weighted by atomic mass is 10.0. The third kappa shape index (κ3) is 86.3. The van der Waals surface area contributed by atoms with Crippen LogP contribution in [0.4, 0.5) is 0 Å². The van der Waals surface area contributed by atoms with E-state index in [1.807, 2.05) is 0 Å². The molecule has 0 aromatic carbocycles. The van der Waals surface area contributed by atoms with Crippen LogP contribution >= 0.6 is 7.82 Å². The van der Waals surface area contributed by atoms with E-state index in [-0.39, 0.29) is 38.6 Å². The first-order chi connectivity index (χ1) is 49.8. The van der Waals surface area contributed by atoms with E-state index in [2.05, 4.69) is 86.8 Å². The molecule has 0 aliphatic rings. The van der Waals surface area contributed by atoms with E-state index >= 15 is 0 Å². The van der Waals surface area contributed by atoms with Crippen LogP contribution in [0.1, 0.15) is 463 Å². The van der Waals surface area contributed by atoms with Crippen molar-refractivity contribution in [3.63, 3.8) is 0 Å². The summed E-state index contributed by atoms with van der Waals surface area (Å²) in [6.07, 6.45) is 117. The molecular weight excluding hydrogens is 1270 g/mol. The first-order valence-electron chi connectivity index (χ1n) is 44.4. The zero-order chi connectivity index (χ0) is 72.9. The molecule has 0 amide bonds. The minimum Gasteiger partial charge on any atom is -0.462 e. The number of nitrogens with two attached hydrogens (primary N) is 1. The van der Waals surface area contributed by atoms with Gasteiger partial charge in [-0.2, -0.15) is 0 Å². The largest absolute Gasteiger partial charge is 0.472 e. The molecule has 0 aliphatic heterocycles. The van der Waals surface area contributed by atoms with Crippen LogP contribution in [-0.4, -0.2) is 49.3 Å². The van der Waals surface area contributed by atoms with Gasteiger partial charge in [-0.1, -0.05) is 459 Å². The predicted octanol–water partition coefficient (Wildman–Crippen LogP) is 30.2. The van der Waals surface area contributed by atoms with Crippen LogP contribution in [0.2, 0.25) is 0 Å². The maximum Gasteiger partial charge on any atom is 0.472 e. The van der Waals surface area contributed by atoms with Crippen molar-refractivity contribution in [3.05, 3.63) is 72.9 Å². The summed E-state index contributed by atoms with van der Waals surface area (Å²) in [5.41, 5.74) is 5.43. The Morgan fingerprint density at radius 3 is 0.812 bits per heavy atom. The first kappa shape index (κ1) is 98.5. The molecule has 2 unspecified atom stereocenters. The summed E-state index contributed by atoms with van der Waals surface area (Å²) in [4.78, 5) is 35.5. The maximum atomic E-state index is 12.8. The topological polar surface area (TPSA) is 134 Å². The fraction of sp³-hybridized carbons (Fsp3) is 0.846. The highest BCUT2D eigenvalue weighted by molar-refractivity contribution is 7.47. The summed E-state index contributed by atoms with van der Waals surface area (Å²) in [6, 6.07) is 0. The number of hydrogen-bond donors (Lipinski definition) is 2. The summed E-state index contributed by atoms with van der Waals surface area (Å²) in [6.45, 7) is 3.71. The van der Waals surface area contributed by atoms with Crippen molar-refractivity contribution in [1.29, 1.82) is 0 Å². The van der Waals surface area contributed by atoms with Gasteiger partial charge >= 0.3 is 19.8 Å². The number of esters is 2. The van der Waals surface area contributed by atoms with Crippen molar-refractivity contribution < 1.29 is 37.6 Å². The Balaban J connectivity index is 3.71. The van der Waals surface area contributed by atoms with Crippen molar-refractivity contribution in [2.75, 3.05) is 26.4 Å². The van der Waals surface area contributed by atoms with Gasteiger partial charge in [-0.15, -0.1) is 0 Å². The zero-order valence-corrected chi connectivity index (χ0v) is 68.1. The van der Waals surface area contributed by atoms with Crippen molar-refractivity contribution >= 4 is 19.8 Å². The van der Waals surface area contributed by atoms with E-state index in [9.17, 15) is 19.0 Å². The highest BCUT2D eigenvalue weighted by atomic mass is 31.2. The third-order valence-electron chi connectivity index (χ3n) is 20.1. The van der Waals surface area contributed by atoms with E-state index in [0.717, 1.165) is 70.6 Å². The quantitative estimate of drug-likeness (QED) is 0.0264. The smallest absolute Gasteiger partial charge is 0.462 e. The van der Waals surface area contributed by atoms with Gasteiger partial charge in [0.1, 0.15) is 6.61 Å². The number of carbonyl (C=O) groups excluding carboxylic acids is 2. The van der Waals surface area contributed by atoms with Gasteiger partial charge in [0.05, 0.1) is 13.2 Å². The first-order valence-corrected chi connectivity index (χ1v) is 45.9. The molecule has 0 spiro atoms. The summed E-state index contributed by atoms with van der Waals surface area (Å²) in [5.74, 6) is -0.802. The van der Waals surface area contributed by atoms with Crippen molar-refractivity contribution in [3.8, 4) is 0 Å². The van der Waals surface area contributed by atoms with Crippen LogP contribution < -0.4 is 5.73 Å². The lowest BCUT2D eigenvalue weighted by molar-refractivity contribution is -0.161. The summed E-state index contributed by atoms with van der Waals surface area (Å²) >= 11 is 0. The number of unbranched alkanes of at least 4 members (excludes halogenated alkanes) is 60. The molecule has 0 aromatic heterocycles. The Morgan fingerprint density at radius 2 is 0.545 bits per heavy atom. The second-order valence-corrected chi connectivity index (χ2v) is 31.6. The molecule has 592 valence electrons. The molecule has 9 nitrogen and oxygen atoms in total. The zero-order valence-electron chi connectivity index (χ0n) is 67.2. The summed E-state index contributed by atoms with van der Waals surface area (Å²) in [7, 11) is -4.40. The fourth-order valence-electron chi connectivity index (χ4n) is 13.6. The molecule has 0 fully saturated rings.